The molecule has 0 radical (unpaired) electrons. The van der Waals surface area contributed by atoms with Crippen molar-refractivity contribution in [3.63, 3.8) is 0 Å². The number of anilines is 1. The number of benzene rings is 2. The van der Waals surface area contributed by atoms with Crippen molar-refractivity contribution in [3.05, 3.63) is 66.2 Å². The van der Waals surface area contributed by atoms with E-state index in [4.69, 9.17) is 9.47 Å². The number of hydrogen-bond donors (Lipinski definition) is 2. The van der Waals surface area contributed by atoms with Crippen molar-refractivity contribution in [2.24, 2.45) is 0 Å². The third kappa shape index (κ3) is 5.50. The van der Waals surface area contributed by atoms with Crippen LogP contribution >= 0.6 is 0 Å². The number of nitrogens with one attached hydrogen (secondary N) is 1. The lowest BCUT2D eigenvalue weighted by molar-refractivity contribution is -0.149. The summed E-state index contributed by atoms with van der Waals surface area (Å²) in [7, 11) is 0. The fraction of sp³-hybridized carbons (Fsp3) is 0.417. The van der Waals surface area contributed by atoms with Crippen molar-refractivity contribution < 1.29 is 24.2 Å². The summed E-state index contributed by atoms with van der Waals surface area (Å²) in [5, 5.41) is 13.2. The Bertz CT molecular complexity index is 876. The molecule has 2 fully saturated rings. The maximum Gasteiger partial charge on any atom is 0.254 e. The summed E-state index contributed by atoms with van der Waals surface area (Å²) in [5.74, 6) is -0.227. The number of rotatable bonds is 4. The van der Waals surface area contributed by atoms with Crippen molar-refractivity contribution in [1.82, 2.24) is 4.90 Å². The minimum atomic E-state index is -0.747. The molecular weight excluding hydrogens is 396 g/mol. The molecule has 0 spiro atoms. The minimum absolute atomic E-state index is 0.103. The molecule has 2 aliphatic heterocycles. The predicted molar refractivity (Wildman–Crippen MR) is 116 cm³/mol. The van der Waals surface area contributed by atoms with E-state index in [1.54, 1.807) is 17.0 Å². The summed E-state index contributed by atoms with van der Waals surface area (Å²) in [6.45, 7) is 0.610. The molecule has 164 valence electrons. The average molecular weight is 424 g/mol. The first-order valence-electron chi connectivity index (χ1n) is 10.7. The Morgan fingerprint density at radius 3 is 2.45 bits per heavy atom. The van der Waals surface area contributed by atoms with Gasteiger partial charge >= 0.3 is 0 Å². The summed E-state index contributed by atoms with van der Waals surface area (Å²) in [4.78, 5) is 27.3. The van der Waals surface area contributed by atoms with Crippen LogP contribution in [0.25, 0.3) is 0 Å². The quantitative estimate of drug-likeness (QED) is 0.787. The summed E-state index contributed by atoms with van der Waals surface area (Å²) >= 11 is 0. The van der Waals surface area contributed by atoms with Crippen LogP contribution in [0.5, 0.6) is 0 Å². The summed E-state index contributed by atoms with van der Waals surface area (Å²) in [6, 6.07) is 18.2. The number of aliphatic hydroxyl groups is 1. The Morgan fingerprint density at radius 2 is 1.71 bits per heavy atom. The highest BCUT2D eigenvalue weighted by Crippen LogP contribution is 2.29. The standard InChI is InChI=1S/C24H28N2O5/c27-19-14-26(24(29)17-7-3-1-4-8-17)21-12-11-20(31-22(21)16-30-15-19)13-23(28)25-18-9-5-2-6-10-18/h1-10,19-22,27H,11-16H2,(H,25,28)/t19-,20+,21+,22-/m0/s1. The number of carbonyl (C=O) groups is 2. The van der Waals surface area contributed by atoms with Crippen LogP contribution in [0.15, 0.2) is 60.7 Å². The number of para-hydroxylation sites is 1. The molecule has 7 heteroatoms. The van der Waals surface area contributed by atoms with Gasteiger partial charge in [0.2, 0.25) is 5.91 Å². The molecule has 2 aromatic rings. The van der Waals surface area contributed by atoms with E-state index in [1.807, 2.05) is 48.5 Å². The Morgan fingerprint density at radius 1 is 1.00 bits per heavy atom. The van der Waals surface area contributed by atoms with Crippen LogP contribution in [-0.4, -0.2) is 65.9 Å². The fourth-order valence-corrected chi connectivity index (χ4v) is 4.26. The molecule has 0 saturated carbocycles. The maximum atomic E-state index is 13.2. The molecule has 0 bridgehead atoms. The van der Waals surface area contributed by atoms with Gasteiger partial charge < -0.3 is 24.8 Å². The third-order valence-corrected chi connectivity index (χ3v) is 5.73. The minimum Gasteiger partial charge on any atom is -0.389 e. The second-order valence-electron chi connectivity index (χ2n) is 8.07. The van der Waals surface area contributed by atoms with E-state index in [-0.39, 0.29) is 56.2 Å². The molecule has 2 amide bonds. The van der Waals surface area contributed by atoms with Crippen LogP contribution in [0.4, 0.5) is 5.69 Å². The molecular formula is C24H28N2O5. The van der Waals surface area contributed by atoms with Gasteiger partial charge in [0.05, 0.1) is 37.9 Å². The molecule has 0 unspecified atom stereocenters. The van der Waals surface area contributed by atoms with E-state index in [2.05, 4.69) is 5.32 Å². The summed E-state index contributed by atoms with van der Waals surface area (Å²) in [6.07, 6.45) is 0.242. The normalized spacial score (nSPS) is 26.3. The number of carbonyl (C=O) groups excluding carboxylic acids is 2. The van der Waals surface area contributed by atoms with E-state index in [1.165, 1.54) is 0 Å². The van der Waals surface area contributed by atoms with Gasteiger partial charge in [-0.1, -0.05) is 36.4 Å². The van der Waals surface area contributed by atoms with E-state index < -0.39 is 6.10 Å². The van der Waals surface area contributed by atoms with Gasteiger partial charge in [-0.3, -0.25) is 9.59 Å². The zero-order valence-electron chi connectivity index (χ0n) is 17.4. The first-order chi connectivity index (χ1) is 15.1. The fourth-order valence-electron chi connectivity index (χ4n) is 4.26. The first-order valence-corrected chi connectivity index (χ1v) is 10.7. The van der Waals surface area contributed by atoms with Crippen LogP contribution in [0.1, 0.15) is 29.6 Å². The van der Waals surface area contributed by atoms with E-state index in [0.29, 0.717) is 18.4 Å². The molecule has 2 saturated heterocycles. The monoisotopic (exact) mass is 424 g/mol. The largest absolute Gasteiger partial charge is 0.389 e. The lowest BCUT2D eigenvalue weighted by Gasteiger charge is -2.44. The second-order valence-corrected chi connectivity index (χ2v) is 8.07. The van der Waals surface area contributed by atoms with Crippen LogP contribution in [0.3, 0.4) is 0 Å². The summed E-state index contributed by atoms with van der Waals surface area (Å²) < 4.78 is 11.8. The van der Waals surface area contributed by atoms with Gasteiger partial charge in [-0.2, -0.15) is 0 Å². The Balaban J connectivity index is 1.43. The molecule has 2 N–H and O–H groups in total. The van der Waals surface area contributed by atoms with Crippen LogP contribution in [0.2, 0.25) is 0 Å². The Kier molecular flexibility index (Phi) is 6.96. The second kappa shape index (κ2) is 10.0. The van der Waals surface area contributed by atoms with Gasteiger partial charge in [0.25, 0.3) is 5.91 Å². The summed E-state index contributed by atoms with van der Waals surface area (Å²) in [5.41, 5.74) is 1.34. The van der Waals surface area contributed by atoms with Crippen molar-refractivity contribution in [2.75, 3.05) is 25.1 Å². The maximum absolute atomic E-state index is 13.2. The number of fused-ring (bicyclic) bond motifs is 1. The SMILES string of the molecule is O=C(C[C@H]1CC[C@@H]2[C@H](COC[C@@H](O)CN2C(=O)c2ccccc2)O1)Nc1ccccc1. The number of β-amino-alcohol motifs (C(OH)–C–C–N with tert-alkyl or cyclic N) is 1. The van der Waals surface area contributed by atoms with Crippen molar-refractivity contribution >= 4 is 17.5 Å². The Hall–Kier alpha value is -2.74. The highest BCUT2D eigenvalue weighted by atomic mass is 16.5. The molecule has 2 aromatic carbocycles. The molecule has 4 atom stereocenters. The van der Waals surface area contributed by atoms with Crippen molar-refractivity contribution in [1.29, 1.82) is 0 Å². The van der Waals surface area contributed by atoms with Gasteiger partial charge in [0, 0.05) is 17.8 Å². The number of ether oxygens (including phenoxy) is 2. The van der Waals surface area contributed by atoms with Gasteiger partial charge in [-0.15, -0.1) is 0 Å². The topological polar surface area (TPSA) is 88.1 Å². The van der Waals surface area contributed by atoms with Gasteiger partial charge in [-0.05, 0) is 37.1 Å². The van der Waals surface area contributed by atoms with Crippen molar-refractivity contribution in [2.45, 2.75) is 43.6 Å². The number of hydrogen-bond acceptors (Lipinski definition) is 5. The average Bonchev–Trinajstić information content (AvgIpc) is 2.77. The zero-order chi connectivity index (χ0) is 21.6. The number of amides is 2. The molecule has 0 aromatic heterocycles. The van der Waals surface area contributed by atoms with E-state index in [0.717, 1.165) is 5.69 Å². The molecule has 2 heterocycles. The third-order valence-electron chi connectivity index (χ3n) is 5.73. The number of aliphatic hydroxyl groups excluding tert-OH is 1. The molecule has 4 rings (SSSR count). The molecule has 0 aliphatic carbocycles. The lowest BCUT2D eigenvalue weighted by Crippen LogP contribution is -2.57. The van der Waals surface area contributed by atoms with Crippen LogP contribution in [0, 0.1) is 0 Å². The Labute approximate surface area is 182 Å². The highest BCUT2D eigenvalue weighted by Gasteiger charge is 2.40. The van der Waals surface area contributed by atoms with Crippen LogP contribution in [-0.2, 0) is 14.3 Å². The molecule has 7 nitrogen and oxygen atoms in total. The van der Waals surface area contributed by atoms with Gasteiger partial charge in [0.15, 0.2) is 0 Å². The number of nitrogens with zero attached hydrogens (tertiary/aromatic N) is 1. The van der Waals surface area contributed by atoms with Gasteiger partial charge in [0.1, 0.15) is 6.10 Å². The van der Waals surface area contributed by atoms with E-state index in [9.17, 15) is 14.7 Å². The van der Waals surface area contributed by atoms with Crippen LogP contribution < -0.4 is 5.32 Å². The van der Waals surface area contributed by atoms with Crippen molar-refractivity contribution in [3.8, 4) is 0 Å². The smallest absolute Gasteiger partial charge is 0.254 e. The van der Waals surface area contributed by atoms with E-state index >= 15 is 0 Å². The highest BCUT2D eigenvalue weighted by molar-refractivity contribution is 5.94. The predicted octanol–water partition coefficient (Wildman–Crippen LogP) is 2.46. The lowest BCUT2D eigenvalue weighted by atomic mass is 9.94. The zero-order valence-corrected chi connectivity index (χ0v) is 17.4. The molecule has 31 heavy (non-hydrogen) atoms. The van der Waals surface area contributed by atoms with Gasteiger partial charge in [-0.25, -0.2) is 0 Å². The first kappa shape index (κ1) is 21.5. The molecule has 2 aliphatic rings.